The Morgan fingerprint density at radius 2 is 2.20 bits per heavy atom. The first kappa shape index (κ1) is 11.3. The number of carbonyl (C=O) groups excluding carboxylic acids is 1. The van der Waals surface area contributed by atoms with Crippen LogP contribution in [0.25, 0.3) is 0 Å². The summed E-state index contributed by atoms with van der Waals surface area (Å²) >= 11 is 0. The SMILES string of the molecule is COC(=O)NCc1cc(F)ccc1OC. The van der Waals surface area contributed by atoms with Crippen molar-refractivity contribution < 1.29 is 18.7 Å². The Kier molecular flexibility index (Phi) is 3.91. The van der Waals surface area contributed by atoms with Gasteiger partial charge in [0.2, 0.25) is 0 Å². The molecule has 0 radical (unpaired) electrons. The van der Waals surface area contributed by atoms with Gasteiger partial charge in [0.1, 0.15) is 11.6 Å². The third kappa shape index (κ3) is 3.12. The van der Waals surface area contributed by atoms with Crippen LogP contribution >= 0.6 is 0 Å². The maximum absolute atomic E-state index is 12.9. The maximum atomic E-state index is 12.9. The number of rotatable bonds is 3. The molecule has 82 valence electrons. The Morgan fingerprint density at radius 1 is 1.47 bits per heavy atom. The van der Waals surface area contributed by atoms with E-state index in [1.807, 2.05) is 0 Å². The number of methoxy groups -OCH3 is 2. The lowest BCUT2D eigenvalue weighted by Crippen LogP contribution is -2.22. The molecule has 0 spiro atoms. The van der Waals surface area contributed by atoms with E-state index in [1.54, 1.807) is 0 Å². The van der Waals surface area contributed by atoms with E-state index >= 15 is 0 Å². The summed E-state index contributed by atoms with van der Waals surface area (Å²) < 4.78 is 22.3. The molecule has 0 heterocycles. The lowest BCUT2D eigenvalue weighted by Gasteiger charge is -2.08. The third-order valence-corrected chi connectivity index (χ3v) is 1.85. The molecule has 0 aliphatic carbocycles. The molecule has 0 saturated heterocycles. The molecular formula is C10H12FNO3. The zero-order valence-corrected chi connectivity index (χ0v) is 8.54. The van der Waals surface area contributed by atoms with Gasteiger partial charge < -0.3 is 14.8 Å². The van der Waals surface area contributed by atoms with Crippen LogP contribution < -0.4 is 10.1 Å². The zero-order chi connectivity index (χ0) is 11.3. The van der Waals surface area contributed by atoms with Crippen molar-refractivity contribution in [1.82, 2.24) is 5.32 Å². The number of carbonyl (C=O) groups is 1. The molecule has 0 bridgehead atoms. The van der Waals surface area contributed by atoms with Crippen LogP contribution in [-0.2, 0) is 11.3 Å². The van der Waals surface area contributed by atoms with Crippen molar-refractivity contribution in [3.8, 4) is 5.75 Å². The van der Waals surface area contributed by atoms with Crippen LogP contribution in [0.4, 0.5) is 9.18 Å². The highest BCUT2D eigenvalue weighted by Gasteiger charge is 2.06. The molecule has 4 nitrogen and oxygen atoms in total. The van der Waals surface area contributed by atoms with Gasteiger partial charge in [0.15, 0.2) is 0 Å². The van der Waals surface area contributed by atoms with Crippen molar-refractivity contribution >= 4 is 6.09 Å². The van der Waals surface area contributed by atoms with Crippen molar-refractivity contribution in [2.45, 2.75) is 6.54 Å². The number of benzene rings is 1. The predicted molar refractivity (Wildman–Crippen MR) is 52.2 cm³/mol. The van der Waals surface area contributed by atoms with Crippen LogP contribution in [-0.4, -0.2) is 20.3 Å². The minimum Gasteiger partial charge on any atom is -0.496 e. The molecular weight excluding hydrogens is 201 g/mol. The topological polar surface area (TPSA) is 47.6 Å². The van der Waals surface area contributed by atoms with Crippen LogP contribution in [0.15, 0.2) is 18.2 Å². The first-order valence-electron chi connectivity index (χ1n) is 4.31. The number of halogens is 1. The Bertz CT molecular complexity index is 355. The lowest BCUT2D eigenvalue weighted by molar-refractivity contribution is 0.170. The predicted octanol–water partition coefficient (Wildman–Crippen LogP) is 1.69. The Labute approximate surface area is 87.0 Å². The van der Waals surface area contributed by atoms with Gasteiger partial charge in [-0.25, -0.2) is 9.18 Å². The Hall–Kier alpha value is -1.78. The second-order valence-electron chi connectivity index (χ2n) is 2.80. The number of amides is 1. The standard InChI is InChI=1S/C10H12FNO3/c1-14-9-4-3-8(11)5-7(9)6-12-10(13)15-2/h3-5H,6H2,1-2H3,(H,12,13). The van der Waals surface area contributed by atoms with E-state index in [2.05, 4.69) is 10.1 Å². The molecule has 1 aromatic rings. The fourth-order valence-electron chi connectivity index (χ4n) is 1.12. The fraction of sp³-hybridized carbons (Fsp3) is 0.300. The average molecular weight is 213 g/mol. The van der Waals surface area contributed by atoms with E-state index in [4.69, 9.17) is 4.74 Å². The summed E-state index contributed by atoms with van der Waals surface area (Å²) in [4.78, 5) is 10.8. The van der Waals surface area contributed by atoms with Gasteiger partial charge in [-0.2, -0.15) is 0 Å². The van der Waals surface area contributed by atoms with Crippen LogP contribution in [0.5, 0.6) is 5.75 Å². The second kappa shape index (κ2) is 5.19. The number of alkyl carbamates (subject to hydrolysis) is 1. The molecule has 0 fully saturated rings. The lowest BCUT2D eigenvalue weighted by atomic mass is 10.2. The number of nitrogens with one attached hydrogen (secondary N) is 1. The molecule has 0 aromatic heterocycles. The molecule has 0 atom stereocenters. The summed E-state index contributed by atoms with van der Waals surface area (Å²) in [6.45, 7) is 0.160. The number of hydrogen-bond donors (Lipinski definition) is 1. The smallest absolute Gasteiger partial charge is 0.407 e. The minimum absolute atomic E-state index is 0.160. The quantitative estimate of drug-likeness (QED) is 0.831. The molecule has 1 N–H and O–H groups in total. The molecule has 0 unspecified atom stereocenters. The van der Waals surface area contributed by atoms with Crippen molar-refractivity contribution in [3.63, 3.8) is 0 Å². The number of ether oxygens (including phenoxy) is 2. The van der Waals surface area contributed by atoms with Crippen LogP contribution in [0.2, 0.25) is 0 Å². The van der Waals surface area contributed by atoms with E-state index in [0.29, 0.717) is 11.3 Å². The summed E-state index contributed by atoms with van der Waals surface area (Å²) in [5, 5.41) is 2.44. The van der Waals surface area contributed by atoms with E-state index < -0.39 is 6.09 Å². The fourth-order valence-corrected chi connectivity index (χ4v) is 1.12. The number of hydrogen-bond acceptors (Lipinski definition) is 3. The highest BCUT2D eigenvalue weighted by atomic mass is 19.1. The van der Waals surface area contributed by atoms with Crippen LogP contribution in [0.1, 0.15) is 5.56 Å². The first-order valence-corrected chi connectivity index (χ1v) is 4.31. The molecule has 15 heavy (non-hydrogen) atoms. The Morgan fingerprint density at radius 3 is 2.80 bits per heavy atom. The van der Waals surface area contributed by atoms with Crippen LogP contribution in [0.3, 0.4) is 0 Å². The maximum Gasteiger partial charge on any atom is 0.407 e. The van der Waals surface area contributed by atoms with E-state index in [-0.39, 0.29) is 12.4 Å². The van der Waals surface area contributed by atoms with Gasteiger partial charge >= 0.3 is 6.09 Å². The van der Waals surface area contributed by atoms with Crippen molar-refractivity contribution in [1.29, 1.82) is 0 Å². The molecule has 0 aliphatic heterocycles. The third-order valence-electron chi connectivity index (χ3n) is 1.85. The highest BCUT2D eigenvalue weighted by Crippen LogP contribution is 2.18. The van der Waals surface area contributed by atoms with Crippen molar-refractivity contribution in [2.24, 2.45) is 0 Å². The van der Waals surface area contributed by atoms with Crippen molar-refractivity contribution in [2.75, 3.05) is 14.2 Å². The zero-order valence-electron chi connectivity index (χ0n) is 8.54. The van der Waals surface area contributed by atoms with Gasteiger partial charge in [-0.1, -0.05) is 0 Å². The molecule has 1 amide bonds. The van der Waals surface area contributed by atoms with Gasteiger partial charge in [-0.3, -0.25) is 0 Å². The van der Waals surface area contributed by atoms with Gasteiger partial charge in [0.25, 0.3) is 0 Å². The molecule has 0 saturated carbocycles. The molecule has 0 aliphatic rings. The Balaban J connectivity index is 2.74. The molecule has 1 rings (SSSR count). The summed E-state index contributed by atoms with van der Waals surface area (Å²) in [5.41, 5.74) is 0.558. The normalized spacial score (nSPS) is 9.53. The van der Waals surface area contributed by atoms with Gasteiger partial charge in [-0.15, -0.1) is 0 Å². The average Bonchev–Trinajstić information content (AvgIpc) is 2.26. The minimum atomic E-state index is -0.568. The second-order valence-corrected chi connectivity index (χ2v) is 2.80. The van der Waals surface area contributed by atoms with E-state index in [1.165, 1.54) is 32.4 Å². The monoisotopic (exact) mass is 213 g/mol. The van der Waals surface area contributed by atoms with Gasteiger partial charge in [0, 0.05) is 12.1 Å². The summed E-state index contributed by atoms with van der Waals surface area (Å²) in [5.74, 6) is 0.144. The highest BCUT2D eigenvalue weighted by molar-refractivity contribution is 5.67. The van der Waals surface area contributed by atoms with Gasteiger partial charge in [-0.05, 0) is 18.2 Å². The van der Waals surface area contributed by atoms with Gasteiger partial charge in [0.05, 0.1) is 14.2 Å². The van der Waals surface area contributed by atoms with Crippen LogP contribution in [0, 0.1) is 5.82 Å². The largest absolute Gasteiger partial charge is 0.496 e. The van der Waals surface area contributed by atoms with E-state index in [9.17, 15) is 9.18 Å². The molecule has 5 heteroatoms. The van der Waals surface area contributed by atoms with Crippen molar-refractivity contribution in [3.05, 3.63) is 29.6 Å². The summed E-state index contributed by atoms with van der Waals surface area (Å²) in [7, 11) is 2.74. The summed E-state index contributed by atoms with van der Waals surface area (Å²) in [6, 6.07) is 4.10. The first-order chi connectivity index (χ1) is 7.17. The summed E-state index contributed by atoms with van der Waals surface area (Å²) in [6.07, 6.45) is -0.568. The van der Waals surface area contributed by atoms with E-state index in [0.717, 1.165) is 0 Å². The molecule has 1 aromatic carbocycles.